The van der Waals surface area contributed by atoms with Gasteiger partial charge in [-0.25, -0.2) is 0 Å². The molecule has 1 heterocycles. The van der Waals surface area contributed by atoms with Gasteiger partial charge < -0.3 is 20.1 Å². The van der Waals surface area contributed by atoms with Gasteiger partial charge in [-0.2, -0.15) is 0 Å². The molecule has 0 unspecified atom stereocenters. The summed E-state index contributed by atoms with van der Waals surface area (Å²) in [4.78, 5) is 27.5. The second-order valence-electron chi connectivity index (χ2n) is 6.62. The number of rotatable bonds is 6. The van der Waals surface area contributed by atoms with Crippen molar-refractivity contribution in [3.63, 3.8) is 0 Å². The maximum atomic E-state index is 12.1. The molecule has 1 saturated heterocycles. The molecule has 0 aromatic heterocycles. The highest BCUT2D eigenvalue weighted by Crippen LogP contribution is 2.18. The van der Waals surface area contributed by atoms with E-state index in [1.165, 1.54) is 0 Å². The summed E-state index contributed by atoms with van der Waals surface area (Å²) >= 11 is 0. The number of piperazine rings is 1. The lowest BCUT2D eigenvalue weighted by Gasteiger charge is -2.35. The molecule has 3 rings (SSSR count). The number of aliphatic hydroxyl groups excluding tert-OH is 1. The van der Waals surface area contributed by atoms with Crippen LogP contribution in [-0.4, -0.2) is 78.2 Å². The van der Waals surface area contributed by atoms with Gasteiger partial charge in [-0.1, -0.05) is 18.2 Å². The van der Waals surface area contributed by atoms with Crippen molar-refractivity contribution in [1.29, 1.82) is 0 Å². The Labute approximate surface area is 147 Å². The van der Waals surface area contributed by atoms with E-state index in [0.717, 1.165) is 18.6 Å². The molecule has 1 aromatic rings. The summed E-state index contributed by atoms with van der Waals surface area (Å²) < 4.78 is 5.55. The zero-order chi connectivity index (χ0) is 17.6. The molecule has 1 aliphatic heterocycles. The van der Waals surface area contributed by atoms with E-state index in [9.17, 15) is 14.7 Å². The molecular formula is C18H25N3O4. The lowest BCUT2D eigenvalue weighted by Crippen LogP contribution is -2.54. The first-order chi connectivity index (χ1) is 12.1. The highest BCUT2D eigenvalue weighted by atomic mass is 16.5. The molecule has 2 N–H and O–H groups in total. The normalized spacial score (nSPS) is 19.3. The molecule has 1 atom stereocenters. The molecule has 0 radical (unpaired) electrons. The van der Waals surface area contributed by atoms with Crippen LogP contribution in [0.1, 0.15) is 12.8 Å². The summed E-state index contributed by atoms with van der Waals surface area (Å²) in [6.07, 6.45) is 1.34. The molecule has 1 saturated carbocycles. The van der Waals surface area contributed by atoms with Crippen molar-refractivity contribution in [3.8, 4) is 5.75 Å². The monoisotopic (exact) mass is 347 g/mol. The molecular weight excluding hydrogens is 322 g/mol. The van der Waals surface area contributed by atoms with Crippen LogP contribution in [0.25, 0.3) is 0 Å². The predicted octanol–water partition coefficient (Wildman–Crippen LogP) is -0.151. The number of hydrogen-bond donors (Lipinski definition) is 2. The number of benzene rings is 1. The maximum Gasteiger partial charge on any atom is 0.311 e. The Morgan fingerprint density at radius 3 is 2.48 bits per heavy atom. The third kappa shape index (κ3) is 5.44. The zero-order valence-corrected chi connectivity index (χ0v) is 14.3. The van der Waals surface area contributed by atoms with Crippen LogP contribution < -0.4 is 10.1 Å². The topological polar surface area (TPSA) is 82.1 Å². The van der Waals surface area contributed by atoms with E-state index in [1.807, 2.05) is 30.3 Å². The quantitative estimate of drug-likeness (QED) is 0.700. The second-order valence-corrected chi connectivity index (χ2v) is 6.62. The molecule has 136 valence electrons. The van der Waals surface area contributed by atoms with Crippen molar-refractivity contribution < 1.29 is 19.4 Å². The van der Waals surface area contributed by atoms with E-state index in [4.69, 9.17) is 4.74 Å². The number of ether oxygens (including phenoxy) is 1. The van der Waals surface area contributed by atoms with E-state index < -0.39 is 17.9 Å². The lowest BCUT2D eigenvalue weighted by atomic mass is 10.2. The summed E-state index contributed by atoms with van der Waals surface area (Å²) in [5.41, 5.74) is 0. The van der Waals surface area contributed by atoms with Gasteiger partial charge in [0.25, 0.3) is 0 Å². The Bertz CT molecular complexity index is 583. The molecule has 1 aliphatic carbocycles. The van der Waals surface area contributed by atoms with Crippen molar-refractivity contribution in [2.24, 2.45) is 0 Å². The molecule has 0 bridgehead atoms. The fraction of sp³-hybridized carbons (Fsp3) is 0.556. The van der Waals surface area contributed by atoms with Gasteiger partial charge >= 0.3 is 11.8 Å². The SMILES string of the molecule is O=C(NC1CC1)C(=O)N1CCN(C[C@H](O)COc2ccccc2)CC1. The van der Waals surface area contributed by atoms with Crippen LogP contribution in [-0.2, 0) is 9.59 Å². The zero-order valence-electron chi connectivity index (χ0n) is 14.3. The minimum atomic E-state index is -0.597. The average molecular weight is 347 g/mol. The van der Waals surface area contributed by atoms with Crippen LogP contribution in [0.15, 0.2) is 30.3 Å². The van der Waals surface area contributed by atoms with Gasteiger partial charge in [-0.3, -0.25) is 14.5 Å². The summed E-state index contributed by atoms with van der Waals surface area (Å²) in [5.74, 6) is -0.203. The number of nitrogens with one attached hydrogen (secondary N) is 1. The van der Waals surface area contributed by atoms with Crippen molar-refractivity contribution in [2.75, 3.05) is 39.3 Å². The van der Waals surface area contributed by atoms with Crippen LogP contribution >= 0.6 is 0 Å². The van der Waals surface area contributed by atoms with Crippen LogP contribution in [0, 0.1) is 0 Å². The van der Waals surface area contributed by atoms with Crippen molar-refractivity contribution >= 4 is 11.8 Å². The van der Waals surface area contributed by atoms with Crippen LogP contribution in [0.2, 0.25) is 0 Å². The van der Waals surface area contributed by atoms with Crippen LogP contribution in [0.5, 0.6) is 5.75 Å². The number of carbonyl (C=O) groups excluding carboxylic acids is 2. The van der Waals surface area contributed by atoms with Gasteiger partial charge in [0, 0.05) is 38.8 Å². The lowest BCUT2D eigenvalue weighted by molar-refractivity contribution is -0.147. The molecule has 2 aliphatic rings. The van der Waals surface area contributed by atoms with Gasteiger partial charge in [0.2, 0.25) is 0 Å². The minimum Gasteiger partial charge on any atom is -0.491 e. The first-order valence-corrected chi connectivity index (χ1v) is 8.80. The Morgan fingerprint density at radius 1 is 1.16 bits per heavy atom. The Kier molecular flexibility index (Phi) is 5.88. The largest absolute Gasteiger partial charge is 0.491 e. The van der Waals surface area contributed by atoms with Crippen molar-refractivity contribution in [1.82, 2.24) is 15.1 Å². The number of para-hydroxylation sites is 1. The maximum absolute atomic E-state index is 12.1. The first kappa shape index (κ1) is 17.7. The van der Waals surface area contributed by atoms with Crippen molar-refractivity contribution in [2.45, 2.75) is 25.0 Å². The molecule has 2 fully saturated rings. The predicted molar refractivity (Wildman–Crippen MR) is 92.1 cm³/mol. The number of β-amino-alcohol motifs (C(OH)–C–C–N with tert-alkyl or cyclic N) is 1. The number of hydrogen-bond acceptors (Lipinski definition) is 5. The molecule has 2 amide bonds. The molecule has 1 aromatic carbocycles. The smallest absolute Gasteiger partial charge is 0.311 e. The van der Waals surface area contributed by atoms with Crippen molar-refractivity contribution in [3.05, 3.63) is 30.3 Å². The standard InChI is InChI=1S/C18H25N3O4/c22-15(13-25-16-4-2-1-3-5-16)12-20-8-10-21(11-9-20)18(24)17(23)19-14-6-7-14/h1-5,14-15,22H,6-13H2,(H,19,23)/t15-/m0/s1. The van der Waals surface area contributed by atoms with Crippen LogP contribution in [0.3, 0.4) is 0 Å². The van der Waals surface area contributed by atoms with Gasteiger partial charge in [0.1, 0.15) is 18.5 Å². The average Bonchev–Trinajstić information content (AvgIpc) is 3.45. The van der Waals surface area contributed by atoms with Crippen LogP contribution in [0.4, 0.5) is 0 Å². The minimum absolute atomic E-state index is 0.192. The number of aliphatic hydroxyl groups is 1. The van der Waals surface area contributed by atoms with E-state index in [1.54, 1.807) is 4.90 Å². The summed E-state index contributed by atoms with van der Waals surface area (Å²) in [6.45, 7) is 3.01. The number of carbonyl (C=O) groups is 2. The molecule has 0 spiro atoms. The highest BCUT2D eigenvalue weighted by Gasteiger charge is 2.30. The number of nitrogens with zero attached hydrogens (tertiary/aromatic N) is 2. The van der Waals surface area contributed by atoms with E-state index >= 15 is 0 Å². The molecule has 25 heavy (non-hydrogen) atoms. The third-order valence-corrected chi connectivity index (χ3v) is 4.42. The second kappa shape index (κ2) is 8.31. The number of amides is 2. The Morgan fingerprint density at radius 2 is 1.84 bits per heavy atom. The Balaban J connectivity index is 1.35. The van der Waals surface area contributed by atoms with Gasteiger partial charge in [0.15, 0.2) is 0 Å². The Hall–Kier alpha value is -2.12. The van der Waals surface area contributed by atoms with Gasteiger partial charge in [-0.05, 0) is 25.0 Å². The highest BCUT2D eigenvalue weighted by molar-refractivity contribution is 6.35. The third-order valence-electron chi connectivity index (χ3n) is 4.42. The summed E-state index contributed by atoms with van der Waals surface area (Å²) in [6, 6.07) is 9.58. The van der Waals surface area contributed by atoms with Gasteiger partial charge in [0.05, 0.1) is 0 Å². The molecule has 7 heteroatoms. The van der Waals surface area contributed by atoms with E-state index in [2.05, 4.69) is 10.2 Å². The fourth-order valence-corrected chi connectivity index (χ4v) is 2.81. The first-order valence-electron chi connectivity index (χ1n) is 8.80. The molecule has 7 nitrogen and oxygen atoms in total. The van der Waals surface area contributed by atoms with E-state index in [0.29, 0.717) is 32.7 Å². The van der Waals surface area contributed by atoms with E-state index in [-0.39, 0.29) is 12.6 Å². The fourth-order valence-electron chi connectivity index (χ4n) is 2.81. The summed E-state index contributed by atoms with van der Waals surface area (Å²) in [5, 5.41) is 12.8. The summed E-state index contributed by atoms with van der Waals surface area (Å²) in [7, 11) is 0. The van der Waals surface area contributed by atoms with Gasteiger partial charge in [-0.15, -0.1) is 0 Å².